The minimum Gasteiger partial charge on any atom is -0.495 e. The van der Waals surface area contributed by atoms with Gasteiger partial charge in [0.15, 0.2) is 6.61 Å². The van der Waals surface area contributed by atoms with Gasteiger partial charge in [0.2, 0.25) is 0 Å². The summed E-state index contributed by atoms with van der Waals surface area (Å²) in [5.41, 5.74) is 2.53. The summed E-state index contributed by atoms with van der Waals surface area (Å²) in [7, 11) is 1.51. The molecule has 7 nitrogen and oxygen atoms in total. The largest absolute Gasteiger partial charge is 0.495 e. The molecular weight excluding hydrogens is 488 g/mol. The lowest BCUT2D eigenvalue weighted by Gasteiger charge is -2.12. The zero-order chi connectivity index (χ0) is 25.8. The van der Waals surface area contributed by atoms with Crippen LogP contribution in [0.3, 0.4) is 0 Å². The van der Waals surface area contributed by atoms with Gasteiger partial charge in [0.05, 0.1) is 23.9 Å². The van der Waals surface area contributed by atoms with Crippen LogP contribution in [0.1, 0.15) is 15.9 Å². The van der Waals surface area contributed by atoms with Crippen molar-refractivity contribution in [1.29, 1.82) is 5.26 Å². The number of nitrogens with one attached hydrogen (secondary N) is 1. The Morgan fingerprint density at radius 1 is 0.919 bits per heavy atom. The molecule has 182 valence electrons. The lowest BCUT2D eigenvalue weighted by molar-refractivity contribution is -0.119. The fourth-order valence-electron chi connectivity index (χ4n) is 3.90. The van der Waals surface area contributed by atoms with Gasteiger partial charge in [0, 0.05) is 26.6 Å². The van der Waals surface area contributed by atoms with Gasteiger partial charge in [-0.15, -0.1) is 0 Å². The second-order valence-corrected chi connectivity index (χ2v) is 9.06. The van der Waals surface area contributed by atoms with E-state index in [-0.39, 0.29) is 0 Å². The Balaban J connectivity index is 1.30. The number of nitriles is 1. The smallest absolute Gasteiger partial charge is 0.339 e. The van der Waals surface area contributed by atoms with Crippen molar-refractivity contribution in [2.24, 2.45) is 0 Å². The molecule has 0 bridgehead atoms. The Kier molecular flexibility index (Phi) is 6.79. The molecule has 0 saturated carbocycles. The molecule has 5 aromatic rings. The van der Waals surface area contributed by atoms with Crippen LogP contribution in [0, 0.1) is 11.3 Å². The lowest BCUT2D eigenvalue weighted by Crippen LogP contribution is -2.21. The number of para-hydroxylation sites is 1. The number of nitrogens with zero attached hydrogens (tertiary/aromatic N) is 1. The summed E-state index contributed by atoms with van der Waals surface area (Å²) in [6.07, 6.45) is 0. The number of carbonyl (C=O) groups is 2. The van der Waals surface area contributed by atoms with Crippen molar-refractivity contribution < 1.29 is 23.5 Å². The molecule has 0 atom stereocenters. The van der Waals surface area contributed by atoms with Gasteiger partial charge in [-0.25, -0.2) is 4.79 Å². The van der Waals surface area contributed by atoms with Crippen molar-refractivity contribution in [2.75, 3.05) is 19.0 Å². The first kappa shape index (κ1) is 24.0. The molecule has 8 heteroatoms. The van der Waals surface area contributed by atoms with Gasteiger partial charge < -0.3 is 19.2 Å². The number of hydrogen-bond donors (Lipinski definition) is 1. The molecule has 0 fully saturated rings. The van der Waals surface area contributed by atoms with E-state index in [1.54, 1.807) is 48.5 Å². The topological polar surface area (TPSA) is 102 Å². The van der Waals surface area contributed by atoms with E-state index >= 15 is 0 Å². The minimum absolute atomic E-state index is 0.300. The van der Waals surface area contributed by atoms with Gasteiger partial charge in [0.1, 0.15) is 23.0 Å². The molecule has 0 unspecified atom stereocenters. The van der Waals surface area contributed by atoms with Crippen LogP contribution < -0.4 is 10.1 Å². The van der Waals surface area contributed by atoms with Crippen LogP contribution in [0.4, 0.5) is 5.69 Å². The summed E-state index contributed by atoms with van der Waals surface area (Å²) in [5.74, 6) is -0.717. The number of methoxy groups -OCH3 is 1. The van der Waals surface area contributed by atoms with Crippen LogP contribution in [0.15, 0.2) is 99.1 Å². The van der Waals surface area contributed by atoms with E-state index in [9.17, 15) is 14.9 Å². The van der Waals surface area contributed by atoms with Crippen molar-refractivity contribution in [3.05, 3.63) is 96.1 Å². The molecule has 1 aromatic heterocycles. The number of amides is 1. The highest BCUT2D eigenvalue weighted by Gasteiger charge is 2.18. The molecule has 1 heterocycles. The van der Waals surface area contributed by atoms with Crippen molar-refractivity contribution >= 4 is 51.3 Å². The Bertz CT molecular complexity index is 1690. The Labute approximate surface area is 216 Å². The van der Waals surface area contributed by atoms with E-state index < -0.39 is 18.5 Å². The number of hydrogen-bond acceptors (Lipinski definition) is 7. The average molecular weight is 509 g/mol. The molecule has 0 spiro atoms. The van der Waals surface area contributed by atoms with Crippen LogP contribution in [-0.4, -0.2) is 25.6 Å². The van der Waals surface area contributed by atoms with E-state index in [1.165, 1.54) is 18.9 Å². The number of benzene rings is 4. The number of ether oxygens (including phenoxy) is 2. The second kappa shape index (κ2) is 10.5. The van der Waals surface area contributed by atoms with Crippen molar-refractivity contribution in [1.82, 2.24) is 0 Å². The zero-order valence-electron chi connectivity index (χ0n) is 19.7. The highest BCUT2D eigenvalue weighted by molar-refractivity contribution is 7.99. The van der Waals surface area contributed by atoms with Gasteiger partial charge in [-0.3, -0.25) is 4.79 Å². The zero-order valence-corrected chi connectivity index (χ0v) is 20.5. The van der Waals surface area contributed by atoms with Crippen molar-refractivity contribution in [3.8, 4) is 11.8 Å². The molecule has 37 heavy (non-hydrogen) atoms. The molecule has 4 aromatic carbocycles. The van der Waals surface area contributed by atoms with Crippen molar-refractivity contribution in [2.45, 2.75) is 9.79 Å². The van der Waals surface area contributed by atoms with E-state index in [4.69, 9.17) is 13.9 Å². The van der Waals surface area contributed by atoms with Gasteiger partial charge >= 0.3 is 5.97 Å². The highest BCUT2D eigenvalue weighted by atomic mass is 32.2. The SMILES string of the molecule is COc1cc2c(cc1NC(=O)COC(=O)c1ccccc1Sc1ccccc1C#N)oc1ccccc12. The number of carbonyl (C=O) groups excluding carboxylic acids is 2. The van der Waals surface area contributed by atoms with E-state index in [2.05, 4.69) is 11.4 Å². The summed E-state index contributed by atoms with van der Waals surface area (Å²) >= 11 is 1.29. The van der Waals surface area contributed by atoms with Crippen LogP contribution in [0.2, 0.25) is 0 Å². The third-order valence-corrected chi connectivity index (χ3v) is 6.79. The number of fused-ring (bicyclic) bond motifs is 3. The number of anilines is 1. The predicted molar refractivity (Wildman–Crippen MR) is 141 cm³/mol. The fraction of sp³-hybridized carbons (Fsp3) is 0.0690. The van der Waals surface area contributed by atoms with Gasteiger partial charge in [-0.2, -0.15) is 5.26 Å². The van der Waals surface area contributed by atoms with Crippen LogP contribution in [0.5, 0.6) is 5.75 Å². The third kappa shape index (κ3) is 4.99. The molecule has 0 aliphatic rings. The monoisotopic (exact) mass is 508 g/mol. The Morgan fingerprint density at radius 2 is 1.65 bits per heavy atom. The van der Waals surface area contributed by atoms with Gasteiger partial charge in [-0.05, 0) is 36.4 Å². The van der Waals surface area contributed by atoms with E-state index in [0.29, 0.717) is 33.0 Å². The Morgan fingerprint density at radius 3 is 2.46 bits per heavy atom. The normalized spacial score (nSPS) is 10.7. The predicted octanol–water partition coefficient (Wildman–Crippen LogP) is 6.41. The minimum atomic E-state index is -0.646. The quantitative estimate of drug-likeness (QED) is 0.253. The van der Waals surface area contributed by atoms with Crippen molar-refractivity contribution in [3.63, 3.8) is 0 Å². The molecule has 1 N–H and O–H groups in total. The summed E-state index contributed by atoms with van der Waals surface area (Å²) in [5, 5.41) is 13.9. The molecule has 1 amide bonds. The summed E-state index contributed by atoms with van der Waals surface area (Å²) < 4.78 is 16.7. The van der Waals surface area contributed by atoms with Gasteiger partial charge in [-0.1, -0.05) is 54.2 Å². The van der Waals surface area contributed by atoms with Crippen LogP contribution in [-0.2, 0) is 9.53 Å². The molecule has 0 radical (unpaired) electrons. The molecule has 0 saturated heterocycles. The van der Waals surface area contributed by atoms with E-state index in [0.717, 1.165) is 21.3 Å². The molecule has 0 aliphatic heterocycles. The molecule has 5 rings (SSSR count). The van der Waals surface area contributed by atoms with Crippen LogP contribution >= 0.6 is 11.8 Å². The summed E-state index contributed by atoms with van der Waals surface area (Å²) in [6, 6.07) is 27.3. The molecular formula is C29H20N2O5S. The third-order valence-electron chi connectivity index (χ3n) is 5.64. The lowest BCUT2D eigenvalue weighted by atomic mass is 10.1. The number of esters is 1. The standard InChI is InChI=1S/C29H20N2O5S/c1-34-25-14-21-19-9-3-5-11-23(19)36-24(21)15-22(25)31-28(32)17-35-29(33)20-10-4-7-13-27(20)37-26-12-6-2-8-18(26)16-30/h2-15H,17H2,1H3,(H,31,32). The van der Waals surface area contributed by atoms with E-state index in [1.807, 2.05) is 36.4 Å². The second-order valence-electron chi connectivity index (χ2n) is 7.98. The summed E-state index contributed by atoms with van der Waals surface area (Å²) in [6.45, 7) is -0.492. The van der Waals surface area contributed by atoms with Crippen LogP contribution in [0.25, 0.3) is 21.9 Å². The first-order valence-corrected chi connectivity index (χ1v) is 12.1. The fourth-order valence-corrected chi connectivity index (χ4v) is 4.92. The number of furan rings is 1. The maximum Gasteiger partial charge on any atom is 0.339 e. The van der Waals surface area contributed by atoms with Gasteiger partial charge in [0.25, 0.3) is 5.91 Å². The average Bonchev–Trinajstić information content (AvgIpc) is 3.29. The first-order chi connectivity index (χ1) is 18.1. The highest BCUT2D eigenvalue weighted by Crippen LogP contribution is 2.36. The Hall–Kier alpha value is -4.74. The number of rotatable bonds is 7. The molecule has 0 aliphatic carbocycles. The maximum absolute atomic E-state index is 12.8. The maximum atomic E-state index is 12.8. The summed E-state index contributed by atoms with van der Waals surface area (Å²) in [4.78, 5) is 26.8. The first-order valence-electron chi connectivity index (χ1n) is 11.3.